The van der Waals surface area contributed by atoms with Gasteiger partial charge in [-0.3, -0.25) is 10.1 Å². The van der Waals surface area contributed by atoms with Gasteiger partial charge in [-0.1, -0.05) is 39.1 Å². The van der Waals surface area contributed by atoms with Crippen molar-refractivity contribution in [1.82, 2.24) is 5.32 Å². The Morgan fingerprint density at radius 2 is 1.70 bits per heavy atom. The van der Waals surface area contributed by atoms with Crippen LogP contribution in [0.2, 0.25) is 10.0 Å². The van der Waals surface area contributed by atoms with Gasteiger partial charge < -0.3 is 9.73 Å². The van der Waals surface area contributed by atoms with E-state index in [1.165, 1.54) is 6.08 Å². The third-order valence-corrected chi connectivity index (χ3v) is 5.24. The largest absolute Gasteiger partial charge is 0.457 e. The van der Waals surface area contributed by atoms with Crippen molar-refractivity contribution < 1.29 is 9.21 Å². The van der Waals surface area contributed by atoms with E-state index in [1.54, 1.807) is 36.4 Å². The number of thiocarbonyl (C=S) groups is 1. The highest BCUT2D eigenvalue weighted by Crippen LogP contribution is 2.29. The molecule has 154 valence electrons. The van der Waals surface area contributed by atoms with Gasteiger partial charge in [-0.2, -0.15) is 0 Å². The van der Waals surface area contributed by atoms with Crippen molar-refractivity contribution in [2.24, 2.45) is 0 Å². The summed E-state index contributed by atoms with van der Waals surface area (Å²) in [5.74, 6) is 0.733. The van der Waals surface area contributed by atoms with Crippen LogP contribution in [0.1, 0.15) is 16.9 Å². The lowest BCUT2D eigenvalue weighted by Gasteiger charge is -2.14. The van der Waals surface area contributed by atoms with E-state index in [9.17, 15) is 4.79 Å². The number of nitrogens with one attached hydrogen (secondary N) is 2. The summed E-state index contributed by atoms with van der Waals surface area (Å²) in [6, 6.07) is 12.6. The average Bonchev–Trinajstić information content (AvgIpc) is 3.11. The number of amides is 1. The summed E-state index contributed by atoms with van der Waals surface area (Å²) in [6.45, 7) is 3.93. The highest BCUT2D eigenvalue weighted by atomic mass is 79.9. The van der Waals surface area contributed by atoms with Gasteiger partial charge in [-0.25, -0.2) is 0 Å². The molecule has 3 rings (SSSR count). The Balaban J connectivity index is 1.62. The molecule has 4 nitrogen and oxygen atoms in total. The number of furan rings is 1. The summed E-state index contributed by atoms with van der Waals surface area (Å²) in [4.78, 5) is 12.2. The van der Waals surface area contributed by atoms with Crippen LogP contribution in [0.5, 0.6) is 0 Å². The minimum absolute atomic E-state index is 0.215. The lowest BCUT2D eigenvalue weighted by Crippen LogP contribution is -2.33. The second kappa shape index (κ2) is 9.79. The normalized spacial score (nSPS) is 11.0. The van der Waals surface area contributed by atoms with Gasteiger partial charge >= 0.3 is 0 Å². The molecule has 2 N–H and O–H groups in total. The zero-order chi connectivity index (χ0) is 21.8. The summed E-state index contributed by atoms with van der Waals surface area (Å²) < 4.78 is 6.72. The maximum absolute atomic E-state index is 12.2. The van der Waals surface area contributed by atoms with Crippen molar-refractivity contribution >= 4 is 74.1 Å². The minimum atomic E-state index is -0.372. The fourth-order valence-electron chi connectivity index (χ4n) is 2.86. The summed E-state index contributed by atoms with van der Waals surface area (Å²) in [7, 11) is 0. The van der Waals surface area contributed by atoms with Crippen LogP contribution in [-0.4, -0.2) is 11.0 Å². The predicted molar refractivity (Wildman–Crippen MR) is 131 cm³/mol. The average molecular weight is 524 g/mol. The Bertz CT molecular complexity index is 1110. The van der Waals surface area contributed by atoms with E-state index >= 15 is 0 Å². The van der Waals surface area contributed by atoms with Gasteiger partial charge in [0, 0.05) is 31.8 Å². The number of carbonyl (C=O) groups is 1. The molecule has 0 aliphatic carbocycles. The first-order chi connectivity index (χ1) is 14.2. The van der Waals surface area contributed by atoms with E-state index in [1.807, 2.05) is 26.0 Å². The quantitative estimate of drug-likeness (QED) is 0.281. The van der Waals surface area contributed by atoms with Gasteiger partial charge in [0.25, 0.3) is 0 Å². The Morgan fingerprint density at radius 1 is 1.07 bits per heavy atom. The molecule has 0 radical (unpaired) electrons. The van der Waals surface area contributed by atoms with Crippen LogP contribution < -0.4 is 10.6 Å². The number of rotatable bonds is 4. The van der Waals surface area contributed by atoms with E-state index in [0.717, 1.165) is 26.9 Å². The molecule has 2 aromatic carbocycles. The molecule has 1 heterocycles. The standard InChI is InChI=1S/C22H17BrCl2N2O2S/c1-12-7-15(23)8-13(2)21(12)27-22(30)26-20(28)6-4-18-3-5-19(29-18)14-9-16(24)11-17(25)10-14/h3-11H,1-2H3,(H2,26,27,28,30)/b6-4+. The van der Waals surface area contributed by atoms with Gasteiger partial charge in [-0.15, -0.1) is 0 Å². The lowest BCUT2D eigenvalue weighted by molar-refractivity contribution is -0.115. The number of anilines is 1. The van der Waals surface area contributed by atoms with Crippen LogP contribution >= 0.6 is 51.3 Å². The maximum atomic E-state index is 12.2. The fourth-order valence-corrected chi connectivity index (χ4v) is 4.27. The van der Waals surface area contributed by atoms with E-state index in [4.69, 9.17) is 39.8 Å². The molecule has 0 fully saturated rings. The zero-order valence-corrected chi connectivity index (χ0v) is 20.0. The first-order valence-electron chi connectivity index (χ1n) is 8.84. The summed E-state index contributed by atoms with van der Waals surface area (Å²) in [6.07, 6.45) is 2.91. The Morgan fingerprint density at radius 3 is 2.33 bits per heavy atom. The van der Waals surface area contributed by atoms with E-state index in [0.29, 0.717) is 21.6 Å². The number of benzene rings is 2. The van der Waals surface area contributed by atoms with Crippen molar-refractivity contribution in [3.63, 3.8) is 0 Å². The van der Waals surface area contributed by atoms with Crippen LogP contribution in [0.15, 0.2) is 57.4 Å². The van der Waals surface area contributed by atoms with Gasteiger partial charge in [0.2, 0.25) is 5.91 Å². The molecular formula is C22H17BrCl2N2O2S. The molecule has 8 heteroatoms. The summed E-state index contributed by atoms with van der Waals surface area (Å²) in [5.41, 5.74) is 3.64. The number of halogens is 3. The molecule has 30 heavy (non-hydrogen) atoms. The van der Waals surface area contributed by atoms with Crippen molar-refractivity contribution in [3.05, 3.63) is 79.9 Å². The van der Waals surface area contributed by atoms with Crippen LogP contribution in [0.3, 0.4) is 0 Å². The zero-order valence-electron chi connectivity index (χ0n) is 16.1. The smallest absolute Gasteiger partial charge is 0.250 e. The van der Waals surface area contributed by atoms with Crippen LogP contribution in [-0.2, 0) is 4.79 Å². The molecule has 0 spiro atoms. The Kier molecular flexibility index (Phi) is 7.36. The summed E-state index contributed by atoms with van der Waals surface area (Å²) >= 11 is 20.8. The van der Waals surface area contributed by atoms with Gasteiger partial charge in [-0.05, 0) is 85.7 Å². The minimum Gasteiger partial charge on any atom is -0.457 e. The highest BCUT2D eigenvalue weighted by Gasteiger charge is 2.09. The first-order valence-corrected chi connectivity index (χ1v) is 10.8. The van der Waals surface area contributed by atoms with Crippen LogP contribution in [0.25, 0.3) is 17.4 Å². The molecular weight excluding hydrogens is 507 g/mol. The van der Waals surface area contributed by atoms with Crippen LogP contribution in [0.4, 0.5) is 5.69 Å². The Hall–Kier alpha value is -2.12. The van der Waals surface area contributed by atoms with Gasteiger partial charge in [0.1, 0.15) is 11.5 Å². The predicted octanol–water partition coefficient (Wildman–Crippen LogP) is 7.16. The SMILES string of the molecule is Cc1cc(Br)cc(C)c1NC(=S)NC(=O)/C=C/c1ccc(-c2cc(Cl)cc(Cl)c2)o1. The maximum Gasteiger partial charge on any atom is 0.250 e. The number of hydrogen-bond donors (Lipinski definition) is 2. The molecule has 0 unspecified atom stereocenters. The van der Waals surface area contributed by atoms with E-state index < -0.39 is 0 Å². The third-order valence-electron chi connectivity index (χ3n) is 4.15. The highest BCUT2D eigenvalue weighted by molar-refractivity contribution is 9.10. The molecule has 0 atom stereocenters. The fraction of sp³-hybridized carbons (Fsp3) is 0.0909. The molecule has 1 aromatic heterocycles. The molecule has 1 amide bonds. The molecule has 0 saturated heterocycles. The summed E-state index contributed by atoms with van der Waals surface area (Å²) in [5, 5.41) is 6.94. The third kappa shape index (κ3) is 5.95. The lowest BCUT2D eigenvalue weighted by atomic mass is 10.1. The monoisotopic (exact) mass is 522 g/mol. The van der Waals surface area contributed by atoms with E-state index in [2.05, 4.69) is 26.6 Å². The van der Waals surface area contributed by atoms with Gasteiger partial charge in [0.05, 0.1) is 0 Å². The Labute approximate surface area is 198 Å². The topological polar surface area (TPSA) is 54.3 Å². The molecule has 0 saturated carbocycles. The molecule has 0 aliphatic heterocycles. The van der Waals surface area contributed by atoms with Crippen molar-refractivity contribution in [3.8, 4) is 11.3 Å². The first kappa shape index (κ1) is 22.6. The van der Waals surface area contributed by atoms with E-state index in [-0.39, 0.29) is 11.0 Å². The van der Waals surface area contributed by atoms with Crippen molar-refractivity contribution in [2.45, 2.75) is 13.8 Å². The van der Waals surface area contributed by atoms with Crippen molar-refractivity contribution in [2.75, 3.05) is 5.32 Å². The number of hydrogen-bond acceptors (Lipinski definition) is 3. The number of carbonyl (C=O) groups excluding carboxylic acids is 1. The number of aryl methyl sites for hydroxylation is 2. The second-order valence-corrected chi connectivity index (χ2v) is 8.75. The van der Waals surface area contributed by atoms with Gasteiger partial charge in [0.15, 0.2) is 5.11 Å². The molecule has 0 bridgehead atoms. The van der Waals surface area contributed by atoms with Crippen molar-refractivity contribution in [1.29, 1.82) is 0 Å². The second-order valence-electron chi connectivity index (χ2n) is 6.55. The molecule has 0 aliphatic rings. The molecule has 3 aromatic rings. The van der Waals surface area contributed by atoms with Crippen LogP contribution in [0, 0.1) is 13.8 Å².